The zero-order chi connectivity index (χ0) is 15.0. The highest BCUT2D eigenvalue weighted by Crippen LogP contribution is 2.35. The number of hydrogen-bond acceptors (Lipinski definition) is 4. The molecule has 0 spiro atoms. The molecule has 0 atom stereocenters. The molecule has 0 fully saturated rings. The van der Waals surface area contributed by atoms with Crippen molar-refractivity contribution in [1.29, 1.82) is 0 Å². The second-order valence-corrected chi connectivity index (χ2v) is 5.41. The van der Waals surface area contributed by atoms with E-state index >= 15 is 0 Å². The van der Waals surface area contributed by atoms with Crippen LogP contribution in [0, 0.1) is 5.82 Å². The summed E-state index contributed by atoms with van der Waals surface area (Å²) in [5.41, 5.74) is 8.38. The van der Waals surface area contributed by atoms with E-state index in [1.54, 1.807) is 12.1 Å². The van der Waals surface area contributed by atoms with Gasteiger partial charge in [-0.3, -0.25) is 0 Å². The van der Waals surface area contributed by atoms with Crippen molar-refractivity contribution >= 4 is 17.2 Å². The quantitative estimate of drug-likeness (QED) is 0.941. The number of nitrogen functional groups attached to an aromatic ring is 1. The summed E-state index contributed by atoms with van der Waals surface area (Å²) in [4.78, 5) is 6.47. The van der Waals surface area contributed by atoms with Crippen molar-refractivity contribution in [2.24, 2.45) is 0 Å². The lowest BCUT2D eigenvalue weighted by molar-refractivity contribution is 0.234. The van der Waals surface area contributed by atoms with Gasteiger partial charge in [-0.15, -0.1) is 0 Å². The van der Waals surface area contributed by atoms with Crippen molar-refractivity contribution in [3.05, 3.63) is 41.7 Å². The molecule has 21 heavy (non-hydrogen) atoms. The number of fused-ring (bicyclic) bond motifs is 1. The summed E-state index contributed by atoms with van der Waals surface area (Å²) in [6, 6.07) is 8.47. The largest absolute Gasteiger partial charge is 0.473 e. The van der Waals surface area contributed by atoms with Crippen LogP contribution >= 0.6 is 0 Å². The van der Waals surface area contributed by atoms with Crippen LogP contribution in [0.3, 0.4) is 0 Å². The maximum absolute atomic E-state index is 13.5. The molecule has 110 valence electrons. The van der Waals surface area contributed by atoms with Gasteiger partial charge in [0.05, 0.1) is 11.8 Å². The number of aromatic nitrogens is 1. The molecule has 0 aliphatic carbocycles. The Kier molecular flexibility index (Phi) is 3.41. The third kappa shape index (κ3) is 2.63. The maximum atomic E-state index is 13.5. The van der Waals surface area contributed by atoms with Gasteiger partial charge in [-0.25, -0.2) is 4.39 Å². The smallest absolute Gasteiger partial charge is 0.239 e. The van der Waals surface area contributed by atoms with Gasteiger partial charge in [0.2, 0.25) is 5.88 Å². The van der Waals surface area contributed by atoms with Gasteiger partial charge in [0, 0.05) is 12.2 Å². The second kappa shape index (κ2) is 5.24. The second-order valence-electron chi connectivity index (χ2n) is 5.41. The molecule has 0 radical (unpaired) electrons. The first-order valence-electron chi connectivity index (χ1n) is 7.04. The Morgan fingerprint density at radius 2 is 2.10 bits per heavy atom. The Labute approximate surface area is 123 Å². The van der Waals surface area contributed by atoms with E-state index in [-0.39, 0.29) is 11.9 Å². The van der Waals surface area contributed by atoms with E-state index < -0.39 is 0 Å². The fourth-order valence-electron chi connectivity index (χ4n) is 2.50. The van der Waals surface area contributed by atoms with Crippen LogP contribution in [0.25, 0.3) is 0 Å². The molecule has 1 aliphatic heterocycles. The van der Waals surface area contributed by atoms with Crippen molar-refractivity contribution in [1.82, 2.24) is 4.98 Å². The van der Waals surface area contributed by atoms with E-state index in [0.717, 1.165) is 30.0 Å². The molecule has 0 amide bonds. The van der Waals surface area contributed by atoms with E-state index in [4.69, 9.17) is 10.5 Å². The van der Waals surface area contributed by atoms with Gasteiger partial charge in [0.1, 0.15) is 11.6 Å². The van der Waals surface area contributed by atoms with Crippen molar-refractivity contribution in [2.45, 2.75) is 26.4 Å². The molecule has 0 unspecified atom stereocenters. The topological polar surface area (TPSA) is 51.4 Å². The summed E-state index contributed by atoms with van der Waals surface area (Å²) >= 11 is 0. The molecular formula is C16H18FN3O. The van der Waals surface area contributed by atoms with Crippen LogP contribution in [0.15, 0.2) is 30.3 Å². The first-order chi connectivity index (χ1) is 10.0. The Morgan fingerprint density at radius 3 is 2.86 bits per heavy atom. The Balaban J connectivity index is 1.98. The summed E-state index contributed by atoms with van der Waals surface area (Å²) in [6.07, 6.45) is 0.876. The monoisotopic (exact) mass is 287 g/mol. The fraction of sp³-hybridized carbons (Fsp3) is 0.312. The van der Waals surface area contributed by atoms with Gasteiger partial charge in [0.25, 0.3) is 0 Å². The summed E-state index contributed by atoms with van der Waals surface area (Å²) in [7, 11) is 0. The maximum Gasteiger partial charge on any atom is 0.239 e. The van der Waals surface area contributed by atoms with E-state index in [2.05, 4.69) is 4.98 Å². The van der Waals surface area contributed by atoms with Crippen molar-refractivity contribution in [3.8, 4) is 5.88 Å². The molecule has 2 N–H and O–H groups in total. The lowest BCUT2D eigenvalue weighted by atomic mass is 10.2. The molecule has 1 aliphatic rings. The zero-order valence-corrected chi connectivity index (χ0v) is 12.1. The van der Waals surface area contributed by atoms with Crippen LogP contribution in [0.2, 0.25) is 0 Å². The number of rotatable bonds is 3. The van der Waals surface area contributed by atoms with Crippen LogP contribution in [-0.4, -0.2) is 17.6 Å². The fourth-order valence-corrected chi connectivity index (χ4v) is 2.50. The minimum Gasteiger partial charge on any atom is -0.473 e. The van der Waals surface area contributed by atoms with Gasteiger partial charge in [-0.2, -0.15) is 4.98 Å². The van der Waals surface area contributed by atoms with Gasteiger partial charge in [0.15, 0.2) is 0 Å². The number of hydrogen-bond donors (Lipinski definition) is 1. The third-order valence-electron chi connectivity index (χ3n) is 3.44. The molecule has 2 aromatic rings. The molecule has 0 saturated carbocycles. The summed E-state index contributed by atoms with van der Waals surface area (Å²) < 4.78 is 19.1. The molecule has 4 nitrogen and oxygen atoms in total. The molecule has 5 heteroatoms. The average molecular weight is 287 g/mol. The summed E-state index contributed by atoms with van der Waals surface area (Å²) in [5, 5.41) is 0. The minimum absolute atomic E-state index is 0.00152. The molecule has 3 rings (SSSR count). The minimum atomic E-state index is -0.241. The molecule has 1 aromatic carbocycles. The molecule has 0 bridgehead atoms. The number of pyridine rings is 1. The van der Waals surface area contributed by atoms with Crippen molar-refractivity contribution < 1.29 is 9.13 Å². The zero-order valence-electron chi connectivity index (χ0n) is 12.1. The number of anilines is 3. The van der Waals surface area contributed by atoms with Gasteiger partial charge >= 0.3 is 0 Å². The van der Waals surface area contributed by atoms with Crippen molar-refractivity contribution in [3.63, 3.8) is 0 Å². The van der Waals surface area contributed by atoms with Crippen LogP contribution in [0.1, 0.15) is 19.4 Å². The van der Waals surface area contributed by atoms with Gasteiger partial charge < -0.3 is 15.4 Å². The van der Waals surface area contributed by atoms with E-state index in [1.807, 2.05) is 30.9 Å². The van der Waals surface area contributed by atoms with Gasteiger partial charge in [-0.05, 0) is 50.1 Å². The lowest BCUT2D eigenvalue weighted by Gasteiger charge is -2.20. The first-order valence-corrected chi connectivity index (χ1v) is 7.04. The predicted octanol–water partition coefficient (Wildman–Crippen LogP) is 3.28. The van der Waals surface area contributed by atoms with Crippen LogP contribution in [0.4, 0.5) is 21.6 Å². The summed E-state index contributed by atoms with van der Waals surface area (Å²) in [6.45, 7) is 4.62. The normalized spacial score (nSPS) is 13.6. The number of halogens is 1. The number of nitrogens with zero attached hydrogens (tertiary/aromatic N) is 2. The highest BCUT2D eigenvalue weighted by Gasteiger charge is 2.22. The van der Waals surface area contributed by atoms with Crippen LogP contribution < -0.4 is 15.4 Å². The standard InChI is InChI=1S/C16H18FN3O/c1-10(2)21-16-13(18)5-6-15(19-16)20-8-7-11-3-4-12(17)9-14(11)20/h3-6,9-10H,7-8,18H2,1-2H3. The molecule has 1 aromatic heterocycles. The molecule has 2 heterocycles. The lowest BCUT2D eigenvalue weighted by Crippen LogP contribution is -2.16. The Hall–Kier alpha value is -2.30. The average Bonchev–Trinajstić information content (AvgIpc) is 2.84. The van der Waals surface area contributed by atoms with E-state index in [1.165, 1.54) is 6.07 Å². The SMILES string of the molecule is CC(C)Oc1nc(N2CCc3ccc(F)cc32)ccc1N. The van der Waals surface area contributed by atoms with Gasteiger partial charge in [-0.1, -0.05) is 6.07 Å². The highest BCUT2D eigenvalue weighted by atomic mass is 19.1. The number of benzene rings is 1. The highest BCUT2D eigenvalue weighted by molar-refractivity contribution is 5.69. The van der Waals surface area contributed by atoms with E-state index in [0.29, 0.717) is 11.6 Å². The Bertz CT molecular complexity index is 673. The third-order valence-corrected chi connectivity index (χ3v) is 3.44. The Morgan fingerprint density at radius 1 is 1.29 bits per heavy atom. The van der Waals surface area contributed by atoms with Crippen molar-refractivity contribution in [2.75, 3.05) is 17.2 Å². The van der Waals surface area contributed by atoms with Crippen LogP contribution in [0.5, 0.6) is 5.88 Å². The van der Waals surface area contributed by atoms with Crippen LogP contribution in [-0.2, 0) is 6.42 Å². The first kappa shape index (κ1) is 13.7. The number of ether oxygens (including phenoxy) is 1. The number of nitrogens with two attached hydrogens (primary N) is 1. The predicted molar refractivity (Wildman–Crippen MR) is 81.5 cm³/mol. The molecule has 0 saturated heterocycles. The summed E-state index contributed by atoms with van der Waals surface area (Å²) in [5.74, 6) is 0.909. The molecular weight excluding hydrogens is 269 g/mol. The van der Waals surface area contributed by atoms with E-state index in [9.17, 15) is 4.39 Å².